The van der Waals surface area contributed by atoms with E-state index in [1.165, 1.54) is 0 Å². The number of hydrogen-bond donors (Lipinski definition) is 4. The van der Waals surface area contributed by atoms with E-state index in [0.29, 0.717) is 35.1 Å². The Morgan fingerprint density at radius 2 is 1.98 bits per heavy atom. The van der Waals surface area contributed by atoms with Gasteiger partial charge in [0, 0.05) is 47.6 Å². The van der Waals surface area contributed by atoms with Gasteiger partial charge < -0.3 is 20.8 Å². The molecule has 0 amide bonds. The minimum atomic E-state index is -0.296. The summed E-state index contributed by atoms with van der Waals surface area (Å²) in [6.07, 6.45) is 13.7. The minimum Gasteiger partial charge on any atom is -0.481 e. The third kappa shape index (κ3) is 5.23. The molecule has 1 atom stereocenters. The lowest BCUT2D eigenvalue weighted by atomic mass is 9.95. The lowest BCUT2D eigenvalue weighted by Gasteiger charge is -2.24. The van der Waals surface area contributed by atoms with E-state index < -0.39 is 0 Å². The average Bonchev–Trinajstić information content (AvgIpc) is 3.73. The fourth-order valence-electron chi connectivity index (χ4n) is 5.27. The summed E-state index contributed by atoms with van der Waals surface area (Å²) in [6, 6.07) is 14.5. The van der Waals surface area contributed by atoms with Gasteiger partial charge in [-0.15, -0.1) is 12.0 Å². The van der Waals surface area contributed by atoms with Crippen molar-refractivity contribution in [3.8, 4) is 24.3 Å². The molecule has 4 aromatic rings. The zero-order valence-electron chi connectivity index (χ0n) is 24.2. The Morgan fingerprint density at radius 3 is 2.69 bits per heavy atom. The first kappa shape index (κ1) is 27.2. The molecule has 42 heavy (non-hydrogen) atoms. The molecule has 4 N–H and O–H groups in total. The third-order valence-corrected chi connectivity index (χ3v) is 7.52. The van der Waals surface area contributed by atoms with Crippen LogP contribution in [-0.4, -0.2) is 34.7 Å². The van der Waals surface area contributed by atoms with Crippen molar-refractivity contribution in [2.75, 3.05) is 24.3 Å². The van der Waals surface area contributed by atoms with Crippen LogP contribution >= 0.6 is 0 Å². The Labute approximate surface area is 245 Å². The van der Waals surface area contributed by atoms with Crippen molar-refractivity contribution < 1.29 is 4.74 Å². The second-order valence-corrected chi connectivity index (χ2v) is 11.9. The number of hydrogen-bond acceptors (Lipinski definition) is 9. The summed E-state index contributed by atoms with van der Waals surface area (Å²) < 4.78 is 5.57. The number of rotatable bonds is 8. The number of fused-ring (bicyclic) bond motifs is 2. The van der Waals surface area contributed by atoms with E-state index >= 15 is 0 Å². The second kappa shape index (κ2) is 10.8. The first-order chi connectivity index (χ1) is 20.3. The van der Waals surface area contributed by atoms with Gasteiger partial charge in [0.25, 0.3) is 0 Å². The van der Waals surface area contributed by atoms with E-state index in [0.717, 1.165) is 51.6 Å². The van der Waals surface area contributed by atoms with Crippen LogP contribution in [0.5, 0.6) is 5.88 Å². The fourth-order valence-corrected chi connectivity index (χ4v) is 5.27. The number of nitriles is 1. The van der Waals surface area contributed by atoms with Gasteiger partial charge >= 0.3 is 0 Å². The molecule has 1 aliphatic heterocycles. The first-order valence-electron chi connectivity index (χ1n) is 14.1. The molecule has 0 unspecified atom stereocenters. The minimum absolute atomic E-state index is 0.0196. The molecule has 1 saturated carbocycles. The summed E-state index contributed by atoms with van der Waals surface area (Å²) in [5.41, 5.74) is 12.0. The average molecular weight is 559 g/mol. The number of anilines is 2. The fraction of sp³-hybridized carbons (Fsp3) is 0.303. The molecule has 6 rings (SSSR count). The summed E-state index contributed by atoms with van der Waals surface area (Å²) in [5.74, 6) is 3.33. The maximum Gasteiger partial charge on any atom is 0.221 e. The van der Waals surface area contributed by atoms with E-state index in [-0.39, 0.29) is 11.5 Å². The highest BCUT2D eigenvalue weighted by Gasteiger charge is 2.33. The first-order valence-corrected chi connectivity index (χ1v) is 14.1. The SMILES string of the molecule is C#Cc1cnc2c(C#N)cc(N[C@H](C3=CN(C4CC4)NN3)c3cccc4c(OC)nccc34)cc2c1NCC(C)(C)C. The van der Waals surface area contributed by atoms with Gasteiger partial charge in [-0.05, 0) is 53.5 Å². The molecule has 2 aliphatic rings. The monoisotopic (exact) mass is 558 g/mol. The van der Waals surface area contributed by atoms with Gasteiger partial charge in [-0.2, -0.15) is 5.26 Å². The van der Waals surface area contributed by atoms with Crippen LogP contribution in [0, 0.1) is 29.1 Å². The highest BCUT2D eigenvalue weighted by Crippen LogP contribution is 2.38. The maximum atomic E-state index is 10.2. The van der Waals surface area contributed by atoms with Crippen LogP contribution in [-0.2, 0) is 0 Å². The number of methoxy groups -OCH3 is 1. The molecule has 9 nitrogen and oxygen atoms in total. The molecule has 0 radical (unpaired) electrons. The zero-order valence-corrected chi connectivity index (χ0v) is 24.2. The quantitative estimate of drug-likeness (QED) is 0.206. The van der Waals surface area contributed by atoms with Gasteiger partial charge in [-0.1, -0.05) is 38.8 Å². The van der Waals surface area contributed by atoms with Crippen molar-refractivity contribution in [2.45, 2.75) is 45.7 Å². The normalized spacial score (nSPS) is 15.5. The standard InChI is InChI=1S/C33H34N8O/c1-6-20-17-36-30-21(16-34)14-22(15-27(30)29(20)37-19-33(2,3)4)38-31(28-18-41(40-39-28)23-10-11-23)25-8-7-9-26-24(25)12-13-35-32(26)42-5/h1,7-9,12-15,17-18,23,31,38-40H,10-11,19H2,2-5H3,(H,36,37)/t31-/m0/s1. The summed E-state index contributed by atoms with van der Waals surface area (Å²) in [7, 11) is 1.63. The number of terminal acetylenes is 1. The molecular weight excluding hydrogens is 524 g/mol. The van der Waals surface area contributed by atoms with Crippen molar-refractivity contribution in [3.05, 3.63) is 77.4 Å². The molecule has 3 heterocycles. The Bertz CT molecular complexity index is 1790. The van der Waals surface area contributed by atoms with Gasteiger partial charge in [0.05, 0.1) is 41.2 Å². The molecule has 1 fully saturated rings. The molecule has 9 heteroatoms. The van der Waals surface area contributed by atoms with Crippen LogP contribution < -0.4 is 26.3 Å². The van der Waals surface area contributed by atoms with E-state index in [4.69, 9.17) is 11.2 Å². The van der Waals surface area contributed by atoms with Crippen LogP contribution in [0.25, 0.3) is 21.7 Å². The van der Waals surface area contributed by atoms with Crippen molar-refractivity contribution >= 4 is 33.1 Å². The van der Waals surface area contributed by atoms with Crippen LogP contribution in [0.15, 0.2) is 60.7 Å². The van der Waals surface area contributed by atoms with Gasteiger partial charge in [-0.25, -0.2) is 4.98 Å². The van der Waals surface area contributed by atoms with E-state index in [9.17, 15) is 5.26 Å². The summed E-state index contributed by atoms with van der Waals surface area (Å²) in [6.45, 7) is 7.18. The number of pyridine rings is 2. The number of ether oxygens (including phenoxy) is 1. The molecule has 2 aromatic carbocycles. The van der Waals surface area contributed by atoms with Crippen LogP contribution in [0.1, 0.15) is 56.3 Å². The predicted molar refractivity (Wildman–Crippen MR) is 166 cm³/mol. The van der Waals surface area contributed by atoms with E-state index in [2.05, 4.69) is 81.6 Å². The number of nitrogens with zero attached hydrogens (tertiary/aromatic N) is 4. The van der Waals surface area contributed by atoms with Crippen molar-refractivity contribution in [2.24, 2.45) is 5.41 Å². The molecular formula is C33H34N8O. The van der Waals surface area contributed by atoms with Crippen LogP contribution in [0.3, 0.4) is 0 Å². The molecule has 1 aliphatic carbocycles. The molecule has 2 aromatic heterocycles. The number of hydrazine groups is 2. The van der Waals surface area contributed by atoms with Gasteiger partial charge in [0.15, 0.2) is 0 Å². The van der Waals surface area contributed by atoms with E-state index in [1.807, 2.05) is 30.3 Å². The van der Waals surface area contributed by atoms with E-state index in [1.54, 1.807) is 19.5 Å². The summed E-state index contributed by atoms with van der Waals surface area (Å²) >= 11 is 0. The highest BCUT2D eigenvalue weighted by molar-refractivity contribution is 5.99. The van der Waals surface area contributed by atoms with Crippen molar-refractivity contribution in [1.82, 2.24) is 25.9 Å². The number of aromatic nitrogens is 2. The second-order valence-electron chi connectivity index (χ2n) is 11.9. The molecule has 0 saturated heterocycles. The highest BCUT2D eigenvalue weighted by atomic mass is 16.5. The number of nitrogens with one attached hydrogen (secondary N) is 4. The van der Waals surface area contributed by atoms with Gasteiger partial charge in [0.1, 0.15) is 6.07 Å². The summed E-state index contributed by atoms with van der Waals surface area (Å²) in [4.78, 5) is 8.99. The zero-order chi connectivity index (χ0) is 29.4. The largest absolute Gasteiger partial charge is 0.481 e. The lowest BCUT2D eigenvalue weighted by Crippen LogP contribution is -2.38. The number of benzene rings is 2. The Hall–Kier alpha value is -4.99. The Morgan fingerprint density at radius 1 is 1.14 bits per heavy atom. The van der Waals surface area contributed by atoms with Gasteiger partial charge in [0.2, 0.25) is 5.88 Å². The molecule has 212 valence electrons. The van der Waals surface area contributed by atoms with Crippen LogP contribution in [0.4, 0.5) is 11.4 Å². The van der Waals surface area contributed by atoms with Gasteiger partial charge in [-0.3, -0.25) is 9.99 Å². The molecule has 0 bridgehead atoms. The predicted octanol–water partition coefficient (Wildman–Crippen LogP) is 5.58. The Kier molecular flexibility index (Phi) is 6.97. The molecule has 0 spiro atoms. The Balaban J connectivity index is 1.50. The van der Waals surface area contributed by atoms with Crippen LogP contribution in [0.2, 0.25) is 0 Å². The topological polar surface area (TPSA) is 110 Å². The van der Waals surface area contributed by atoms with Crippen molar-refractivity contribution in [1.29, 1.82) is 5.26 Å². The maximum absolute atomic E-state index is 10.2. The summed E-state index contributed by atoms with van der Waals surface area (Å²) in [5, 5.41) is 22.3. The van der Waals surface area contributed by atoms with Crippen molar-refractivity contribution in [3.63, 3.8) is 0 Å². The third-order valence-electron chi connectivity index (χ3n) is 7.52. The lowest BCUT2D eigenvalue weighted by molar-refractivity contribution is 0.260. The smallest absolute Gasteiger partial charge is 0.221 e.